The number of carbonyl (C=O) groups is 1. The van der Waals surface area contributed by atoms with E-state index < -0.39 is 0 Å². The summed E-state index contributed by atoms with van der Waals surface area (Å²) in [6.45, 7) is 2.05. The lowest BCUT2D eigenvalue weighted by Gasteiger charge is -2.08. The molecule has 21 heavy (non-hydrogen) atoms. The number of ether oxygens (including phenoxy) is 2. The van der Waals surface area contributed by atoms with Gasteiger partial charge in [-0.2, -0.15) is 0 Å². The number of benzene rings is 1. The molecule has 0 saturated heterocycles. The second-order valence-electron chi connectivity index (χ2n) is 4.53. The summed E-state index contributed by atoms with van der Waals surface area (Å²) < 4.78 is 10.6. The van der Waals surface area contributed by atoms with E-state index in [2.05, 4.69) is 15.6 Å². The Hall–Kier alpha value is -2.76. The molecule has 0 saturated carbocycles. The van der Waals surface area contributed by atoms with E-state index in [-0.39, 0.29) is 12.7 Å². The summed E-state index contributed by atoms with van der Waals surface area (Å²) in [5.74, 6) is 1.95. The van der Waals surface area contributed by atoms with Crippen LogP contribution in [0.2, 0.25) is 0 Å². The Morgan fingerprint density at radius 2 is 2.00 bits per heavy atom. The number of nitrogens with zero attached hydrogens (tertiary/aromatic N) is 1. The smallest absolute Gasteiger partial charge is 0.231 e. The maximum Gasteiger partial charge on any atom is 0.231 e. The average Bonchev–Trinajstić information content (AvgIpc) is 2.96. The summed E-state index contributed by atoms with van der Waals surface area (Å²) in [5.41, 5.74) is 1.70. The van der Waals surface area contributed by atoms with E-state index in [1.54, 1.807) is 19.2 Å². The van der Waals surface area contributed by atoms with E-state index in [0.29, 0.717) is 12.2 Å². The van der Waals surface area contributed by atoms with Crippen LogP contribution in [0.3, 0.4) is 0 Å². The molecule has 3 rings (SSSR count). The number of rotatable bonds is 4. The quantitative estimate of drug-likeness (QED) is 0.903. The first-order valence-electron chi connectivity index (χ1n) is 6.67. The number of nitrogens with one attached hydrogen (secondary N) is 2. The van der Waals surface area contributed by atoms with E-state index in [4.69, 9.17) is 9.47 Å². The van der Waals surface area contributed by atoms with Crippen LogP contribution in [-0.2, 0) is 4.79 Å². The van der Waals surface area contributed by atoms with Crippen LogP contribution in [0, 0.1) is 0 Å². The molecule has 108 valence electrons. The first-order valence-corrected chi connectivity index (χ1v) is 6.67. The van der Waals surface area contributed by atoms with E-state index in [1.807, 2.05) is 24.3 Å². The summed E-state index contributed by atoms with van der Waals surface area (Å²) in [4.78, 5) is 15.5. The highest BCUT2D eigenvalue weighted by Gasteiger charge is 2.13. The second-order valence-corrected chi connectivity index (χ2v) is 4.53. The van der Waals surface area contributed by atoms with Crippen LogP contribution in [0.1, 0.15) is 13.3 Å². The van der Waals surface area contributed by atoms with Gasteiger partial charge < -0.3 is 20.1 Å². The first-order chi connectivity index (χ1) is 10.2. The molecule has 0 radical (unpaired) electrons. The Kier molecular flexibility index (Phi) is 3.59. The van der Waals surface area contributed by atoms with Gasteiger partial charge in [-0.25, -0.2) is 4.98 Å². The molecule has 2 aromatic rings. The largest absolute Gasteiger partial charge is 0.454 e. The minimum atomic E-state index is -0.0565. The number of anilines is 3. The van der Waals surface area contributed by atoms with E-state index in [1.165, 1.54) is 0 Å². The molecule has 0 bridgehead atoms. The zero-order valence-corrected chi connectivity index (χ0v) is 11.6. The molecule has 6 heteroatoms. The number of hydrogen-bond donors (Lipinski definition) is 2. The summed E-state index contributed by atoms with van der Waals surface area (Å²) in [7, 11) is 0. The molecule has 1 aromatic carbocycles. The van der Waals surface area contributed by atoms with Gasteiger partial charge in [0.15, 0.2) is 11.5 Å². The third kappa shape index (κ3) is 3.05. The predicted molar refractivity (Wildman–Crippen MR) is 79.0 cm³/mol. The molecule has 6 nitrogen and oxygen atoms in total. The lowest BCUT2D eigenvalue weighted by molar-refractivity contribution is -0.115. The van der Waals surface area contributed by atoms with Gasteiger partial charge in [0.05, 0.1) is 11.9 Å². The van der Waals surface area contributed by atoms with Crippen molar-refractivity contribution in [2.24, 2.45) is 0 Å². The van der Waals surface area contributed by atoms with Crippen molar-refractivity contribution in [3.63, 3.8) is 0 Å². The first kappa shape index (κ1) is 13.2. The van der Waals surface area contributed by atoms with Crippen molar-refractivity contribution in [3.05, 3.63) is 36.5 Å². The molecule has 0 unspecified atom stereocenters. The number of carbonyl (C=O) groups excluding carboxylic acids is 1. The second kappa shape index (κ2) is 5.70. The molecular formula is C15H15N3O3. The van der Waals surface area contributed by atoms with Crippen molar-refractivity contribution in [1.82, 2.24) is 4.98 Å². The Balaban J connectivity index is 1.69. The molecule has 1 aliphatic heterocycles. The molecule has 1 aromatic heterocycles. The van der Waals surface area contributed by atoms with Gasteiger partial charge in [-0.3, -0.25) is 4.79 Å². The minimum absolute atomic E-state index is 0.0565. The highest BCUT2D eigenvalue weighted by molar-refractivity contribution is 5.89. The van der Waals surface area contributed by atoms with Gasteiger partial charge >= 0.3 is 0 Å². The Morgan fingerprint density at radius 1 is 1.19 bits per heavy atom. The number of hydrogen-bond acceptors (Lipinski definition) is 5. The number of aromatic nitrogens is 1. The van der Waals surface area contributed by atoms with Gasteiger partial charge in [-0.05, 0) is 24.3 Å². The molecule has 2 heterocycles. The molecule has 1 amide bonds. The molecular weight excluding hydrogens is 270 g/mol. The molecule has 0 atom stereocenters. The standard InChI is InChI=1S/C15H15N3O3/c1-2-15(19)18-14-6-4-11(8-16-14)17-10-3-5-12-13(7-10)21-9-20-12/h3-8,17H,2,9H2,1H3,(H,16,18,19). The molecule has 2 N–H and O–H groups in total. The third-order valence-electron chi connectivity index (χ3n) is 3.01. The van der Waals surface area contributed by atoms with Gasteiger partial charge in [0.1, 0.15) is 5.82 Å². The van der Waals surface area contributed by atoms with Crippen molar-refractivity contribution in [2.75, 3.05) is 17.4 Å². The van der Waals surface area contributed by atoms with Crippen molar-refractivity contribution in [3.8, 4) is 11.5 Å². The number of amides is 1. The van der Waals surface area contributed by atoms with Gasteiger partial charge in [-0.15, -0.1) is 0 Å². The molecule has 0 fully saturated rings. The SMILES string of the molecule is CCC(=O)Nc1ccc(Nc2ccc3c(c2)OCO3)cn1. The van der Waals surface area contributed by atoms with E-state index in [9.17, 15) is 4.79 Å². The Bertz CT molecular complexity index is 656. The van der Waals surface area contributed by atoms with Gasteiger partial charge in [0, 0.05) is 18.2 Å². The van der Waals surface area contributed by atoms with Crippen LogP contribution in [0.25, 0.3) is 0 Å². The normalized spacial score (nSPS) is 12.0. The summed E-state index contributed by atoms with van der Waals surface area (Å²) in [6.07, 6.45) is 2.09. The molecule has 0 aliphatic carbocycles. The fourth-order valence-corrected chi connectivity index (χ4v) is 1.91. The lowest BCUT2D eigenvalue weighted by Crippen LogP contribution is -2.10. The third-order valence-corrected chi connectivity index (χ3v) is 3.01. The van der Waals surface area contributed by atoms with Crippen LogP contribution in [0.15, 0.2) is 36.5 Å². The van der Waals surface area contributed by atoms with E-state index in [0.717, 1.165) is 22.9 Å². The monoisotopic (exact) mass is 285 g/mol. The van der Waals surface area contributed by atoms with Crippen molar-refractivity contribution in [2.45, 2.75) is 13.3 Å². The van der Waals surface area contributed by atoms with Crippen LogP contribution in [-0.4, -0.2) is 17.7 Å². The number of fused-ring (bicyclic) bond motifs is 1. The molecule has 0 spiro atoms. The van der Waals surface area contributed by atoms with Crippen LogP contribution in [0.4, 0.5) is 17.2 Å². The zero-order chi connectivity index (χ0) is 14.7. The summed E-state index contributed by atoms with van der Waals surface area (Å²) in [5, 5.41) is 5.92. The van der Waals surface area contributed by atoms with Crippen molar-refractivity contribution >= 4 is 23.1 Å². The van der Waals surface area contributed by atoms with Crippen molar-refractivity contribution < 1.29 is 14.3 Å². The summed E-state index contributed by atoms with van der Waals surface area (Å²) in [6, 6.07) is 9.23. The van der Waals surface area contributed by atoms with Gasteiger partial charge in [-0.1, -0.05) is 6.92 Å². The fraction of sp³-hybridized carbons (Fsp3) is 0.200. The maximum atomic E-state index is 11.3. The topological polar surface area (TPSA) is 72.5 Å². The van der Waals surface area contributed by atoms with Gasteiger partial charge in [0.25, 0.3) is 0 Å². The highest BCUT2D eigenvalue weighted by Crippen LogP contribution is 2.35. The van der Waals surface area contributed by atoms with Crippen molar-refractivity contribution in [1.29, 1.82) is 0 Å². The molecule has 1 aliphatic rings. The fourth-order valence-electron chi connectivity index (χ4n) is 1.91. The lowest BCUT2D eigenvalue weighted by atomic mass is 10.2. The summed E-state index contributed by atoms with van der Waals surface area (Å²) >= 11 is 0. The van der Waals surface area contributed by atoms with Crippen LogP contribution < -0.4 is 20.1 Å². The van der Waals surface area contributed by atoms with E-state index >= 15 is 0 Å². The average molecular weight is 285 g/mol. The predicted octanol–water partition coefficient (Wildman–Crippen LogP) is 2.90. The highest BCUT2D eigenvalue weighted by atomic mass is 16.7. The van der Waals surface area contributed by atoms with Crippen LogP contribution in [0.5, 0.6) is 11.5 Å². The number of pyridine rings is 1. The maximum absolute atomic E-state index is 11.3. The Labute approximate surface area is 122 Å². The van der Waals surface area contributed by atoms with Gasteiger partial charge in [0.2, 0.25) is 12.7 Å². The van der Waals surface area contributed by atoms with Crippen LogP contribution >= 0.6 is 0 Å². The Morgan fingerprint density at radius 3 is 2.76 bits per heavy atom. The minimum Gasteiger partial charge on any atom is -0.454 e. The zero-order valence-electron chi connectivity index (χ0n) is 11.6.